The van der Waals surface area contributed by atoms with Gasteiger partial charge in [0.15, 0.2) is 0 Å². The molecule has 1 aromatic carbocycles. The molecule has 0 saturated heterocycles. The van der Waals surface area contributed by atoms with Gasteiger partial charge in [-0.1, -0.05) is 23.7 Å². The van der Waals surface area contributed by atoms with E-state index in [0.717, 1.165) is 0 Å². The van der Waals surface area contributed by atoms with Gasteiger partial charge in [0, 0.05) is 11.6 Å². The number of carbonyl (C=O) groups is 1. The third kappa shape index (κ3) is 3.18. The molecule has 0 saturated carbocycles. The minimum absolute atomic E-state index is 0. The average molecular weight is 236 g/mol. The summed E-state index contributed by atoms with van der Waals surface area (Å²) in [6, 6.07) is 6.73. The van der Waals surface area contributed by atoms with Crippen molar-refractivity contribution < 1.29 is 9.90 Å². The minimum Gasteiger partial charge on any atom is -0.481 e. The summed E-state index contributed by atoms with van der Waals surface area (Å²) in [6.07, 6.45) is 0. The van der Waals surface area contributed by atoms with Crippen LogP contribution in [-0.4, -0.2) is 17.6 Å². The fraction of sp³-hybridized carbons (Fsp3) is 0.222. The van der Waals surface area contributed by atoms with E-state index in [0.29, 0.717) is 10.6 Å². The standard InChI is InChI=1S/C9H10ClNO2.ClH/c10-7-3-1-2-6(4-7)8(5-11)9(12)13;/h1-4,8H,5,11H2,(H,12,13);1H/t8-;/m1./s1. The number of rotatable bonds is 3. The first-order valence-electron chi connectivity index (χ1n) is 3.83. The predicted molar refractivity (Wildman–Crippen MR) is 58.1 cm³/mol. The molecule has 0 radical (unpaired) electrons. The van der Waals surface area contributed by atoms with Gasteiger partial charge in [-0.15, -0.1) is 12.4 Å². The highest BCUT2D eigenvalue weighted by Gasteiger charge is 2.17. The Morgan fingerprint density at radius 3 is 2.64 bits per heavy atom. The summed E-state index contributed by atoms with van der Waals surface area (Å²) in [6.45, 7) is 0.0790. The summed E-state index contributed by atoms with van der Waals surface area (Å²) in [4.78, 5) is 10.7. The van der Waals surface area contributed by atoms with Crippen LogP contribution in [0.4, 0.5) is 0 Å². The molecule has 1 atom stereocenters. The van der Waals surface area contributed by atoms with Crippen molar-refractivity contribution >= 4 is 30.0 Å². The van der Waals surface area contributed by atoms with Crippen molar-refractivity contribution in [3.8, 4) is 0 Å². The van der Waals surface area contributed by atoms with Gasteiger partial charge in [0.05, 0.1) is 5.92 Å². The molecular formula is C9H11Cl2NO2. The van der Waals surface area contributed by atoms with E-state index in [1.807, 2.05) is 0 Å². The Hall–Kier alpha value is -0.770. The number of halogens is 2. The summed E-state index contributed by atoms with van der Waals surface area (Å²) >= 11 is 5.72. The van der Waals surface area contributed by atoms with Crippen LogP contribution in [0.5, 0.6) is 0 Å². The van der Waals surface area contributed by atoms with Gasteiger partial charge in [-0.05, 0) is 17.7 Å². The van der Waals surface area contributed by atoms with Crippen LogP contribution in [-0.2, 0) is 4.79 Å². The number of hydrogen-bond donors (Lipinski definition) is 2. The zero-order valence-electron chi connectivity index (χ0n) is 7.31. The lowest BCUT2D eigenvalue weighted by Crippen LogP contribution is -2.20. The normalized spacial score (nSPS) is 11.6. The maximum absolute atomic E-state index is 10.7. The largest absolute Gasteiger partial charge is 0.481 e. The Kier molecular flexibility index (Phi) is 5.53. The average Bonchev–Trinajstić information content (AvgIpc) is 2.04. The van der Waals surface area contributed by atoms with E-state index in [-0.39, 0.29) is 19.0 Å². The van der Waals surface area contributed by atoms with E-state index in [9.17, 15) is 4.79 Å². The van der Waals surface area contributed by atoms with Gasteiger partial charge in [0.1, 0.15) is 0 Å². The molecular weight excluding hydrogens is 225 g/mol. The van der Waals surface area contributed by atoms with Gasteiger partial charge in [0.25, 0.3) is 0 Å². The molecule has 0 heterocycles. The molecule has 0 aliphatic heterocycles. The summed E-state index contributed by atoms with van der Waals surface area (Å²) in [7, 11) is 0. The SMILES string of the molecule is Cl.NC[C@@H](C(=O)O)c1cccc(Cl)c1. The third-order valence-corrected chi connectivity index (χ3v) is 2.02. The predicted octanol–water partition coefficient (Wildman–Crippen LogP) is 1.89. The monoisotopic (exact) mass is 235 g/mol. The van der Waals surface area contributed by atoms with Crippen molar-refractivity contribution in [1.29, 1.82) is 0 Å². The minimum atomic E-state index is -0.926. The van der Waals surface area contributed by atoms with E-state index in [1.54, 1.807) is 24.3 Å². The molecule has 0 unspecified atom stereocenters. The maximum atomic E-state index is 10.7. The zero-order chi connectivity index (χ0) is 9.84. The first kappa shape index (κ1) is 13.2. The number of benzene rings is 1. The van der Waals surface area contributed by atoms with Crippen molar-refractivity contribution in [2.24, 2.45) is 5.73 Å². The molecule has 0 fully saturated rings. The molecule has 0 aliphatic rings. The van der Waals surface area contributed by atoms with E-state index >= 15 is 0 Å². The molecule has 0 bridgehead atoms. The molecule has 1 aromatic rings. The van der Waals surface area contributed by atoms with E-state index < -0.39 is 11.9 Å². The third-order valence-electron chi connectivity index (χ3n) is 1.78. The summed E-state index contributed by atoms with van der Waals surface area (Å²) in [5, 5.41) is 9.32. The second-order valence-electron chi connectivity index (χ2n) is 2.68. The topological polar surface area (TPSA) is 63.3 Å². The van der Waals surface area contributed by atoms with Gasteiger partial charge in [-0.3, -0.25) is 4.79 Å². The molecule has 0 spiro atoms. The van der Waals surface area contributed by atoms with Crippen molar-refractivity contribution in [3.05, 3.63) is 34.9 Å². The van der Waals surface area contributed by atoms with Crippen molar-refractivity contribution in [3.63, 3.8) is 0 Å². The van der Waals surface area contributed by atoms with Crippen LogP contribution in [0.1, 0.15) is 11.5 Å². The summed E-state index contributed by atoms with van der Waals surface area (Å²) in [5.74, 6) is -1.59. The zero-order valence-corrected chi connectivity index (χ0v) is 8.89. The Labute approximate surface area is 93.3 Å². The number of carboxylic acids is 1. The quantitative estimate of drug-likeness (QED) is 0.842. The molecule has 0 aromatic heterocycles. The molecule has 0 amide bonds. The molecule has 78 valence electrons. The first-order valence-corrected chi connectivity index (χ1v) is 4.21. The van der Waals surface area contributed by atoms with Crippen molar-refractivity contribution in [2.45, 2.75) is 5.92 Å². The Balaban J connectivity index is 0.00000169. The van der Waals surface area contributed by atoms with Crippen LogP contribution in [0.15, 0.2) is 24.3 Å². The van der Waals surface area contributed by atoms with Gasteiger partial charge in [-0.2, -0.15) is 0 Å². The summed E-state index contributed by atoms with van der Waals surface area (Å²) in [5.41, 5.74) is 5.97. The first-order chi connectivity index (χ1) is 6.15. The Morgan fingerprint density at radius 2 is 2.21 bits per heavy atom. The molecule has 3 nitrogen and oxygen atoms in total. The van der Waals surface area contributed by atoms with E-state index in [2.05, 4.69) is 0 Å². The highest BCUT2D eigenvalue weighted by Crippen LogP contribution is 2.18. The lowest BCUT2D eigenvalue weighted by atomic mass is 10.00. The smallest absolute Gasteiger partial charge is 0.312 e. The molecule has 3 N–H and O–H groups in total. The van der Waals surface area contributed by atoms with E-state index in [1.165, 1.54) is 0 Å². The van der Waals surface area contributed by atoms with Crippen LogP contribution in [0.3, 0.4) is 0 Å². The summed E-state index contributed by atoms with van der Waals surface area (Å²) < 4.78 is 0. The van der Waals surface area contributed by atoms with Crippen molar-refractivity contribution in [1.82, 2.24) is 0 Å². The number of carboxylic acid groups (broad SMARTS) is 1. The lowest BCUT2D eigenvalue weighted by Gasteiger charge is -2.09. The molecule has 14 heavy (non-hydrogen) atoms. The lowest BCUT2D eigenvalue weighted by molar-refractivity contribution is -0.138. The molecule has 1 rings (SSSR count). The van der Waals surface area contributed by atoms with Crippen molar-refractivity contribution in [2.75, 3.05) is 6.54 Å². The maximum Gasteiger partial charge on any atom is 0.312 e. The fourth-order valence-corrected chi connectivity index (χ4v) is 1.30. The van der Waals surface area contributed by atoms with Gasteiger partial charge in [-0.25, -0.2) is 0 Å². The Morgan fingerprint density at radius 1 is 1.57 bits per heavy atom. The van der Waals surface area contributed by atoms with E-state index in [4.69, 9.17) is 22.4 Å². The van der Waals surface area contributed by atoms with Crippen LogP contribution in [0, 0.1) is 0 Å². The number of hydrogen-bond acceptors (Lipinski definition) is 2. The second kappa shape index (κ2) is 5.86. The van der Waals surface area contributed by atoms with Crippen LogP contribution >= 0.6 is 24.0 Å². The fourth-order valence-electron chi connectivity index (χ4n) is 1.10. The molecule has 0 aliphatic carbocycles. The Bertz CT molecular complexity index is 317. The van der Waals surface area contributed by atoms with Gasteiger partial charge >= 0.3 is 5.97 Å². The number of nitrogens with two attached hydrogens (primary N) is 1. The van der Waals surface area contributed by atoms with Gasteiger partial charge in [0.2, 0.25) is 0 Å². The highest BCUT2D eigenvalue weighted by atomic mass is 35.5. The highest BCUT2D eigenvalue weighted by molar-refractivity contribution is 6.30. The molecule has 5 heteroatoms. The van der Waals surface area contributed by atoms with Crippen LogP contribution in [0.25, 0.3) is 0 Å². The van der Waals surface area contributed by atoms with Crippen LogP contribution in [0.2, 0.25) is 5.02 Å². The van der Waals surface area contributed by atoms with Crippen LogP contribution < -0.4 is 5.73 Å². The van der Waals surface area contributed by atoms with Gasteiger partial charge < -0.3 is 10.8 Å². The number of aliphatic carboxylic acids is 1. The second-order valence-corrected chi connectivity index (χ2v) is 3.12.